The number of hydrogen-bond donors (Lipinski definition) is 1. The first-order valence-corrected chi connectivity index (χ1v) is 8.79. The smallest absolute Gasteiger partial charge is 0.240 e. The lowest BCUT2D eigenvalue weighted by atomic mass is 10.1. The minimum Gasteiger partial charge on any atom is -0.273 e. The van der Waals surface area contributed by atoms with Gasteiger partial charge in [-0.3, -0.25) is 4.79 Å². The molecule has 23 heavy (non-hydrogen) atoms. The summed E-state index contributed by atoms with van der Waals surface area (Å²) >= 11 is 5.86. The molecule has 0 aromatic heterocycles. The van der Waals surface area contributed by atoms with Gasteiger partial charge in [-0.15, -0.1) is 0 Å². The van der Waals surface area contributed by atoms with E-state index in [-0.39, 0.29) is 16.5 Å². The van der Waals surface area contributed by atoms with Gasteiger partial charge in [0.1, 0.15) is 5.82 Å². The minimum absolute atomic E-state index is 0.153. The summed E-state index contributed by atoms with van der Waals surface area (Å²) in [6.45, 7) is 2.21. The average Bonchev–Trinajstić information content (AvgIpc) is 2.53. The number of hydrogen-bond acceptors (Lipinski definition) is 2. The van der Waals surface area contributed by atoms with Crippen LogP contribution in [0.1, 0.15) is 70.3 Å². The lowest BCUT2D eigenvalue weighted by Gasteiger charge is -2.02. The number of unbranched alkanes of at least 4 members (excludes halogenated alkanes) is 7. The molecule has 0 saturated carbocycles. The fourth-order valence-corrected chi connectivity index (χ4v) is 2.49. The normalized spacial score (nSPS) is 11.1. The summed E-state index contributed by atoms with van der Waals surface area (Å²) in [7, 11) is 0. The van der Waals surface area contributed by atoms with Gasteiger partial charge in [0.15, 0.2) is 0 Å². The van der Waals surface area contributed by atoms with Crippen LogP contribution in [0, 0.1) is 5.82 Å². The number of hydrazone groups is 1. The molecule has 0 aliphatic heterocycles. The quantitative estimate of drug-likeness (QED) is 0.324. The Labute approximate surface area is 143 Å². The Balaban J connectivity index is 2.14. The van der Waals surface area contributed by atoms with E-state index in [9.17, 15) is 9.18 Å². The highest BCUT2D eigenvalue weighted by Crippen LogP contribution is 2.16. The average molecular weight is 341 g/mol. The molecule has 0 fully saturated rings. The van der Waals surface area contributed by atoms with Crippen LogP contribution >= 0.6 is 11.6 Å². The Bertz CT molecular complexity index is 486. The highest BCUT2D eigenvalue weighted by molar-refractivity contribution is 6.33. The van der Waals surface area contributed by atoms with Crippen LogP contribution in [-0.2, 0) is 4.79 Å². The van der Waals surface area contributed by atoms with Crippen LogP contribution in [0.4, 0.5) is 4.39 Å². The van der Waals surface area contributed by atoms with E-state index in [4.69, 9.17) is 11.6 Å². The number of rotatable bonds is 11. The number of carbonyl (C=O) groups is 1. The molecular weight excluding hydrogens is 315 g/mol. The van der Waals surface area contributed by atoms with Crippen LogP contribution in [0.5, 0.6) is 0 Å². The van der Waals surface area contributed by atoms with Gasteiger partial charge in [-0.25, -0.2) is 9.82 Å². The van der Waals surface area contributed by atoms with Gasteiger partial charge in [0.05, 0.1) is 11.2 Å². The van der Waals surface area contributed by atoms with E-state index in [0.717, 1.165) is 12.8 Å². The summed E-state index contributed by atoms with van der Waals surface area (Å²) in [4.78, 5) is 11.6. The molecule has 1 rings (SSSR count). The van der Waals surface area contributed by atoms with E-state index in [2.05, 4.69) is 17.5 Å². The Morgan fingerprint density at radius 1 is 1.17 bits per heavy atom. The van der Waals surface area contributed by atoms with Crippen LogP contribution < -0.4 is 5.43 Å². The molecule has 0 atom stereocenters. The van der Waals surface area contributed by atoms with E-state index in [1.165, 1.54) is 56.9 Å². The van der Waals surface area contributed by atoms with Gasteiger partial charge in [-0.05, 0) is 18.6 Å². The largest absolute Gasteiger partial charge is 0.273 e. The van der Waals surface area contributed by atoms with Crippen LogP contribution in [0.15, 0.2) is 23.3 Å². The summed E-state index contributed by atoms with van der Waals surface area (Å²) in [5.41, 5.74) is 2.59. The number of nitrogens with one attached hydrogen (secondary N) is 1. The third kappa shape index (κ3) is 8.70. The molecule has 3 nitrogen and oxygen atoms in total. The molecule has 5 heteroatoms. The third-order valence-corrected chi connectivity index (χ3v) is 3.97. The molecule has 1 aromatic carbocycles. The molecule has 0 radical (unpaired) electrons. The molecule has 0 saturated heterocycles. The fraction of sp³-hybridized carbons (Fsp3) is 0.556. The van der Waals surface area contributed by atoms with Gasteiger partial charge < -0.3 is 0 Å². The molecule has 0 aliphatic rings. The number of benzene rings is 1. The van der Waals surface area contributed by atoms with Crippen molar-refractivity contribution in [2.75, 3.05) is 0 Å². The zero-order chi connectivity index (χ0) is 16.9. The monoisotopic (exact) mass is 340 g/mol. The zero-order valence-corrected chi connectivity index (χ0v) is 14.5. The van der Waals surface area contributed by atoms with Gasteiger partial charge in [-0.1, -0.05) is 69.5 Å². The van der Waals surface area contributed by atoms with Gasteiger partial charge in [0.2, 0.25) is 5.91 Å². The van der Waals surface area contributed by atoms with E-state index in [1.807, 2.05) is 0 Å². The van der Waals surface area contributed by atoms with Crippen LogP contribution in [0.2, 0.25) is 5.02 Å². The molecule has 1 amide bonds. The van der Waals surface area contributed by atoms with Crippen molar-refractivity contribution < 1.29 is 9.18 Å². The SMILES string of the molecule is CCCCCCCCCCC(=O)N/N=C/c1c(F)cccc1Cl. The van der Waals surface area contributed by atoms with Gasteiger partial charge in [-0.2, -0.15) is 5.10 Å². The first-order valence-electron chi connectivity index (χ1n) is 8.41. The Morgan fingerprint density at radius 2 is 1.83 bits per heavy atom. The highest BCUT2D eigenvalue weighted by Gasteiger charge is 2.04. The number of amides is 1. The molecule has 0 spiro atoms. The summed E-state index contributed by atoms with van der Waals surface area (Å²) in [6.07, 6.45) is 11.2. The van der Waals surface area contributed by atoms with Crippen molar-refractivity contribution in [2.45, 2.75) is 64.7 Å². The third-order valence-electron chi connectivity index (χ3n) is 3.64. The summed E-state index contributed by atoms with van der Waals surface area (Å²) in [5.74, 6) is -0.613. The van der Waals surface area contributed by atoms with E-state index < -0.39 is 5.82 Å². The number of nitrogens with zero attached hydrogens (tertiary/aromatic N) is 1. The standard InChI is InChI=1S/C18H26ClFN2O/c1-2-3-4-5-6-7-8-9-13-18(23)22-21-14-15-16(19)11-10-12-17(15)20/h10-12,14H,2-9,13H2,1H3,(H,22,23)/b21-14+. The van der Waals surface area contributed by atoms with Crippen molar-refractivity contribution in [1.82, 2.24) is 5.43 Å². The lowest BCUT2D eigenvalue weighted by molar-refractivity contribution is -0.121. The topological polar surface area (TPSA) is 41.5 Å². The van der Waals surface area contributed by atoms with Crippen molar-refractivity contribution in [3.63, 3.8) is 0 Å². The van der Waals surface area contributed by atoms with Gasteiger partial charge in [0, 0.05) is 12.0 Å². The Kier molecular flexibility index (Phi) is 10.3. The van der Waals surface area contributed by atoms with E-state index in [1.54, 1.807) is 6.07 Å². The maximum absolute atomic E-state index is 13.5. The summed E-state index contributed by atoms with van der Waals surface area (Å²) in [6, 6.07) is 4.40. The van der Waals surface area contributed by atoms with Crippen LogP contribution in [-0.4, -0.2) is 12.1 Å². The maximum atomic E-state index is 13.5. The number of carbonyl (C=O) groups excluding carboxylic acids is 1. The molecule has 0 unspecified atom stereocenters. The molecular formula is C18H26ClFN2O. The summed E-state index contributed by atoms with van der Waals surface area (Å²) < 4.78 is 13.5. The van der Waals surface area contributed by atoms with Gasteiger partial charge >= 0.3 is 0 Å². The van der Waals surface area contributed by atoms with Crippen molar-refractivity contribution >= 4 is 23.7 Å². The molecule has 1 aromatic rings. The second kappa shape index (κ2) is 12.1. The predicted molar refractivity (Wildman–Crippen MR) is 94.4 cm³/mol. The Hall–Kier alpha value is -1.42. The van der Waals surface area contributed by atoms with Crippen molar-refractivity contribution in [3.8, 4) is 0 Å². The van der Waals surface area contributed by atoms with Crippen molar-refractivity contribution in [2.24, 2.45) is 5.10 Å². The molecule has 1 N–H and O–H groups in total. The second-order valence-electron chi connectivity index (χ2n) is 5.65. The minimum atomic E-state index is -0.460. The van der Waals surface area contributed by atoms with E-state index in [0.29, 0.717) is 6.42 Å². The van der Waals surface area contributed by atoms with Crippen LogP contribution in [0.3, 0.4) is 0 Å². The molecule has 128 valence electrons. The maximum Gasteiger partial charge on any atom is 0.240 e. The predicted octanol–water partition coefficient (Wildman–Crippen LogP) is 5.46. The fourth-order valence-electron chi connectivity index (χ4n) is 2.28. The molecule has 0 heterocycles. The first kappa shape index (κ1) is 19.6. The highest BCUT2D eigenvalue weighted by atomic mass is 35.5. The Morgan fingerprint density at radius 3 is 2.48 bits per heavy atom. The van der Waals surface area contributed by atoms with E-state index >= 15 is 0 Å². The van der Waals surface area contributed by atoms with Crippen molar-refractivity contribution in [1.29, 1.82) is 0 Å². The summed E-state index contributed by atoms with van der Waals surface area (Å²) in [5, 5.41) is 4.03. The lowest BCUT2D eigenvalue weighted by Crippen LogP contribution is -2.17. The second-order valence-corrected chi connectivity index (χ2v) is 6.06. The van der Waals surface area contributed by atoms with Crippen molar-refractivity contribution in [3.05, 3.63) is 34.6 Å². The van der Waals surface area contributed by atoms with Crippen LogP contribution in [0.25, 0.3) is 0 Å². The zero-order valence-electron chi connectivity index (χ0n) is 13.8. The van der Waals surface area contributed by atoms with Gasteiger partial charge in [0.25, 0.3) is 0 Å². The molecule has 0 aliphatic carbocycles. The first-order chi connectivity index (χ1) is 11.1. The molecule has 0 bridgehead atoms. The number of halogens is 2.